The van der Waals surface area contributed by atoms with E-state index in [1.54, 1.807) is 18.2 Å². The van der Waals surface area contributed by atoms with Gasteiger partial charge in [-0.05, 0) is 13.8 Å². The van der Waals surface area contributed by atoms with Gasteiger partial charge in [-0.2, -0.15) is 0 Å². The van der Waals surface area contributed by atoms with Gasteiger partial charge in [0.2, 0.25) is 0 Å². The Hall–Kier alpha value is -1.69. The molecule has 0 saturated carbocycles. The fraction of sp³-hybridized carbons (Fsp3) is 0.545. The maximum atomic E-state index is 10.8. The SMILES string of the molecule is COCCN(CC(=O)O)c1cnc(C)c(C)n1. The van der Waals surface area contributed by atoms with E-state index < -0.39 is 5.97 Å². The first-order chi connectivity index (χ1) is 8.04. The average molecular weight is 239 g/mol. The number of hydrogen-bond donors (Lipinski definition) is 1. The molecule has 0 bridgehead atoms. The van der Waals surface area contributed by atoms with E-state index in [9.17, 15) is 4.79 Å². The fourth-order valence-corrected chi connectivity index (χ4v) is 1.32. The van der Waals surface area contributed by atoms with Crippen LogP contribution < -0.4 is 4.90 Å². The Labute approximate surface area is 100 Å². The number of carboxylic acids is 1. The van der Waals surface area contributed by atoms with E-state index in [0.717, 1.165) is 11.4 Å². The van der Waals surface area contributed by atoms with Crippen molar-refractivity contribution in [1.82, 2.24) is 9.97 Å². The highest BCUT2D eigenvalue weighted by Gasteiger charge is 2.12. The number of aliphatic carboxylic acids is 1. The minimum Gasteiger partial charge on any atom is -0.480 e. The Balaban J connectivity index is 2.86. The first-order valence-electron chi connectivity index (χ1n) is 5.30. The number of rotatable bonds is 6. The van der Waals surface area contributed by atoms with Gasteiger partial charge in [-0.25, -0.2) is 4.98 Å². The van der Waals surface area contributed by atoms with Crippen molar-refractivity contribution < 1.29 is 14.6 Å². The third-order valence-electron chi connectivity index (χ3n) is 2.39. The Morgan fingerprint density at radius 1 is 1.47 bits per heavy atom. The number of nitrogens with zero attached hydrogens (tertiary/aromatic N) is 3. The molecular weight excluding hydrogens is 222 g/mol. The summed E-state index contributed by atoms with van der Waals surface area (Å²) in [4.78, 5) is 20.9. The first-order valence-corrected chi connectivity index (χ1v) is 5.30. The summed E-state index contributed by atoms with van der Waals surface area (Å²) in [6.45, 7) is 4.52. The minimum atomic E-state index is -0.902. The summed E-state index contributed by atoms with van der Waals surface area (Å²) in [6, 6.07) is 0. The second kappa shape index (κ2) is 6.15. The maximum absolute atomic E-state index is 10.8. The van der Waals surface area contributed by atoms with Gasteiger partial charge >= 0.3 is 5.97 Å². The number of aromatic nitrogens is 2. The highest BCUT2D eigenvalue weighted by Crippen LogP contribution is 2.11. The van der Waals surface area contributed by atoms with Crippen LogP contribution in [0.4, 0.5) is 5.82 Å². The molecule has 0 unspecified atom stereocenters. The van der Waals surface area contributed by atoms with Crippen molar-refractivity contribution in [2.45, 2.75) is 13.8 Å². The van der Waals surface area contributed by atoms with Crippen molar-refractivity contribution in [3.05, 3.63) is 17.6 Å². The van der Waals surface area contributed by atoms with Gasteiger partial charge in [0.15, 0.2) is 0 Å². The Kier molecular flexibility index (Phi) is 4.84. The molecule has 0 spiro atoms. The molecule has 0 atom stereocenters. The predicted octanol–water partition coefficient (Wildman–Crippen LogP) is 0.631. The molecule has 0 saturated heterocycles. The quantitative estimate of drug-likeness (QED) is 0.784. The van der Waals surface area contributed by atoms with Crippen LogP contribution in [-0.4, -0.2) is 47.8 Å². The molecular formula is C11H17N3O3. The Bertz CT molecular complexity index is 396. The van der Waals surface area contributed by atoms with Gasteiger partial charge in [0.05, 0.1) is 24.2 Å². The van der Waals surface area contributed by atoms with Crippen molar-refractivity contribution in [3.8, 4) is 0 Å². The lowest BCUT2D eigenvalue weighted by molar-refractivity contribution is -0.135. The summed E-state index contributed by atoms with van der Waals surface area (Å²) in [5, 5.41) is 8.84. The third-order valence-corrected chi connectivity index (χ3v) is 2.39. The topological polar surface area (TPSA) is 75.5 Å². The molecule has 0 radical (unpaired) electrons. The van der Waals surface area contributed by atoms with Crippen molar-refractivity contribution in [3.63, 3.8) is 0 Å². The van der Waals surface area contributed by atoms with E-state index in [4.69, 9.17) is 9.84 Å². The zero-order valence-electron chi connectivity index (χ0n) is 10.3. The summed E-state index contributed by atoms with van der Waals surface area (Å²) in [5.41, 5.74) is 1.64. The average Bonchev–Trinajstić information content (AvgIpc) is 2.27. The van der Waals surface area contributed by atoms with Gasteiger partial charge in [-0.15, -0.1) is 0 Å². The molecule has 1 rings (SSSR count). The molecule has 1 aromatic rings. The highest BCUT2D eigenvalue weighted by molar-refractivity contribution is 5.73. The van der Waals surface area contributed by atoms with Gasteiger partial charge in [0, 0.05) is 13.7 Å². The highest BCUT2D eigenvalue weighted by atomic mass is 16.5. The maximum Gasteiger partial charge on any atom is 0.323 e. The molecule has 94 valence electrons. The van der Waals surface area contributed by atoms with Gasteiger partial charge in [0.1, 0.15) is 12.4 Å². The monoisotopic (exact) mass is 239 g/mol. The molecule has 0 aliphatic heterocycles. The lowest BCUT2D eigenvalue weighted by Gasteiger charge is -2.21. The molecule has 1 heterocycles. The number of carboxylic acid groups (broad SMARTS) is 1. The van der Waals surface area contributed by atoms with Gasteiger partial charge in [-0.3, -0.25) is 9.78 Å². The minimum absolute atomic E-state index is 0.111. The van der Waals surface area contributed by atoms with Crippen LogP contribution >= 0.6 is 0 Å². The number of anilines is 1. The largest absolute Gasteiger partial charge is 0.480 e. The molecule has 0 aliphatic rings. The van der Waals surface area contributed by atoms with Crippen LogP contribution in [0.2, 0.25) is 0 Å². The van der Waals surface area contributed by atoms with Crippen LogP contribution in [0.15, 0.2) is 6.20 Å². The van der Waals surface area contributed by atoms with Gasteiger partial charge in [0.25, 0.3) is 0 Å². The summed E-state index contributed by atoms with van der Waals surface area (Å²) in [7, 11) is 1.57. The molecule has 1 aromatic heterocycles. The molecule has 0 aliphatic carbocycles. The summed E-state index contributed by atoms with van der Waals surface area (Å²) < 4.78 is 4.95. The van der Waals surface area contributed by atoms with Crippen molar-refractivity contribution in [2.75, 3.05) is 31.7 Å². The van der Waals surface area contributed by atoms with Crippen LogP contribution in [0.3, 0.4) is 0 Å². The van der Waals surface area contributed by atoms with Crippen LogP contribution in [0.25, 0.3) is 0 Å². The van der Waals surface area contributed by atoms with Crippen LogP contribution in [-0.2, 0) is 9.53 Å². The number of carbonyl (C=O) groups is 1. The normalized spacial score (nSPS) is 10.3. The Morgan fingerprint density at radius 2 is 2.18 bits per heavy atom. The molecule has 6 heteroatoms. The smallest absolute Gasteiger partial charge is 0.323 e. The van der Waals surface area contributed by atoms with Crippen molar-refractivity contribution in [1.29, 1.82) is 0 Å². The van der Waals surface area contributed by atoms with Crippen molar-refractivity contribution in [2.24, 2.45) is 0 Å². The zero-order valence-corrected chi connectivity index (χ0v) is 10.3. The van der Waals surface area contributed by atoms with E-state index in [0.29, 0.717) is 19.0 Å². The first kappa shape index (κ1) is 13.4. The van der Waals surface area contributed by atoms with E-state index in [2.05, 4.69) is 9.97 Å². The van der Waals surface area contributed by atoms with E-state index in [1.165, 1.54) is 0 Å². The number of methoxy groups -OCH3 is 1. The summed E-state index contributed by atoms with van der Waals surface area (Å²) in [6.07, 6.45) is 1.58. The van der Waals surface area contributed by atoms with Crippen LogP contribution in [0, 0.1) is 13.8 Å². The molecule has 1 N–H and O–H groups in total. The number of aryl methyl sites for hydroxylation is 2. The second-order valence-electron chi connectivity index (χ2n) is 3.71. The standard InChI is InChI=1S/C11H17N3O3/c1-8-9(2)13-10(6-12-8)14(4-5-17-3)7-11(15)16/h6H,4-5,7H2,1-3H3,(H,15,16). The summed E-state index contributed by atoms with van der Waals surface area (Å²) >= 11 is 0. The lowest BCUT2D eigenvalue weighted by Crippen LogP contribution is -2.33. The second-order valence-corrected chi connectivity index (χ2v) is 3.71. The lowest BCUT2D eigenvalue weighted by atomic mass is 10.3. The fourth-order valence-electron chi connectivity index (χ4n) is 1.32. The van der Waals surface area contributed by atoms with Gasteiger partial charge in [-0.1, -0.05) is 0 Å². The van der Waals surface area contributed by atoms with Gasteiger partial charge < -0.3 is 14.7 Å². The van der Waals surface area contributed by atoms with Crippen LogP contribution in [0.1, 0.15) is 11.4 Å². The third kappa shape index (κ3) is 3.99. The van der Waals surface area contributed by atoms with Crippen molar-refractivity contribution >= 4 is 11.8 Å². The molecule has 0 amide bonds. The number of hydrogen-bond acceptors (Lipinski definition) is 5. The van der Waals surface area contributed by atoms with Crippen LogP contribution in [0.5, 0.6) is 0 Å². The Morgan fingerprint density at radius 3 is 2.71 bits per heavy atom. The summed E-state index contributed by atoms with van der Waals surface area (Å²) in [5.74, 6) is -0.339. The number of ether oxygens (including phenoxy) is 1. The predicted molar refractivity (Wildman–Crippen MR) is 63.2 cm³/mol. The van der Waals surface area contributed by atoms with E-state index in [-0.39, 0.29) is 6.54 Å². The zero-order chi connectivity index (χ0) is 12.8. The molecule has 17 heavy (non-hydrogen) atoms. The van der Waals surface area contributed by atoms with E-state index >= 15 is 0 Å². The molecule has 6 nitrogen and oxygen atoms in total. The van der Waals surface area contributed by atoms with E-state index in [1.807, 2.05) is 13.8 Å². The molecule has 0 fully saturated rings. The molecule has 0 aromatic carbocycles.